The summed E-state index contributed by atoms with van der Waals surface area (Å²) in [4.78, 5) is 0. The topological polar surface area (TPSA) is 0 Å². The van der Waals surface area contributed by atoms with Crippen molar-refractivity contribution in [1.29, 1.82) is 0 Å². The molecule has 0 unspecified atom stereocenters. The molecule has 0 radical (unpaired) electrons. The predicted molar refractivity (Wildman–Crippen MR) is 89.2 cm³/mol. The van der Waals surface area contributed by atoms with E-state index >= 15 is 0 Å². The molecule has 0 heterocycles. The predicted octanol–water partition coefficient (Wildman–Crippen LogP) is 0.230. The van der Waals surface area contributed by atoms with Gasteiger partial charge in [-0.1, -0.05) is 68.2 Å². The van der Waals surface area contributed by atoms with Crippen LogP contribution in [0.4, 0.5) is 0 Å². The van der Waals surface area contributed by atoms with Crippen molar-refractivity contribution in [3.05, 3.63) is 46.6 Å². The van der Waals surface area contributed by atoms with Crippen molar-refractivity contribution in [2.45, 2.75) is 68.2 Å². The number of halogens is 2. The fourth-order valence-electron chi connectivity index (χ4n) is 2.18. The molecule has 128 valence electrons. The maximum absolute atomic E-state index is 3.37. The molecule has 0 amide bonds. The van der Waals surface area contributed by atoms with E-state index in [0.717, 1.165) is 12.8 Å². The number of rotatable bonds is 0. The van der Waals surface area contributed by atoms with Crippen LogP contribution < -0.4 is 24.8 Å². The molecule has 0 nitrogen and oxygen atoms in total. The summed E-state index contributed by atoms with van der Waals surface area (Å²) in [5.74, 6) is 0. The van der Waals surface area contributed by atoms with Gasteiger partial charge in [0.25, 0.3) is 0 Å². The molecule has 23 heavy (non-hydrogen) atoms. The van der Waals surface area contributed by atoms with Crippen LogP contribution in [0.2, 0.25) is 0 Å². The zero-order valence-corrected chi connectivity index (χ0v) is 18.9. The Morgan fingerprint density at radius 1 is 0.696 bits per heavy atom. The third-order valence-corrected chi connectivity index (χ3v) is 3.73. The van der Waals surface area contributed by atoms with E-state index in [2.05, 4.69) is 79.7 Å². The van der Waals surface area contributed by atoms with Crippen LogP contribution in [0.5, 0.6) is 0 Å². The second-order valence-corrected chi connectivity index (χ2v) is 7.89. The molecule has 2 aliphatic rings. The van der Waals surface area contributed by atoms with Crippen molar-refractivity contribution in [1.82, 2.24) is 0 Å². The minimum atomic E-state index is 0. The number of hydrogen-bond donors (Lipinski definition) is 0. The van der Waals surface area contributed by atoms with Crippen LogP contribution in [-0.2, 0) is 21.7 Å². The Balaban J connectivity index is -0.000000308. The van der Waals surface area contributed by atoms with Crippen LogP contribution in [0.15, 0.2) is 34.4 Å². The Morgan fingerprint density at radius 2 is 0.957 bits per heavy atom. The van der Waals surface area contributed by atoms with Crippen molar-refractivity contribution in [2.24, 2.45) is 10.8 Å². The number of hydrogen-bond acceptors (Lipinski definition) is 0. The molecule has 0 N–H and O–H groups in total. The van der Waals surface area contributed by atoms with Crippen LogP contribution in [0.25, 0.3) is 0 Å². The van der Waals surface area contributed by atoms with Gasteiger partial charge in [-0.15, -0.1) is 0 Å². The summed E-state index contributed by atoms with van der Waals surface area (Å²) in [6, 6.07) is 0. The molecule has 0 aliphatic heterocycles. The Morgan fingerprint density at radius 3 is 1.04 bits per heavy atom. The number of allylic oxidation sites excluding steroid dienone is 8. The third-order valence-electron chi connectivity index (χ3n) is 3.73. The smallest absolute Gasteiger partial charge is 1.00 e. The van der Waals surface area contributed by atoms with Crippen LogP contribution >= 0.6 is 0 Å². The quantitative estimate of drug-likeness (QED) is 0.411. The van der Waals surface area contributed by atoms with Gasteiger partial charge in [-0.2, -0.15) is 11.1 Å². The average molecular weight is 389 g/mol. The molecule has 2 rings (SSSR count). The minimum absolute atomic E-state index is 0. The standard InChI is InChI=1S/2C10H15.2ClH.Ti/c2*1-8-5-6-9(7-8)10(2,3)4;;;/h2*5H,6H2,1-4H3;2*1H;/q2*-1;;;+4/p-2. The molecule has 0 atom stereocenters. The first kappa shape index (κ1) is 28.1. The first-order valence-electron chi connectivity index (χ1n) is 7.60. The third kappa shape index (κ3) is 9.97. The maximum Gasteiger partial charge on any atom is 4.00 e. The summed E-state index contributed by atoms with van der Waals surface area (Å²) in [6.45, 7) is 17.6. The molecule has 0 aromatic carbocycles. The largest absolute Gasteiger partial charge is 4.00 e. The van der Waals surface area contributed by atoms with Gasteiger partial charge < -0.3 is 24.8 Å². The second kappa shape index (κ2) is 11.0. The van der Waals surface area contributed by atoms with Crippen LogP contribution in [0.1, 0.15) is 68.2 Å². The van der Waals surface area contributed by atoms with Crippen molar-refractivity contribution >= 4 is 0 Å². The summed E-state index contributed by atoms with van der Waals surface area (Å²) in [5.41, 5.74) is 6.09. The van der Waals surface area contributed by atoms with Gasteiger partial charge >= 0.3 is 21.7 Å². The second-order valence-electron chi connectivity index (χ2n) is 7.89. The molecular weight excluding hydrogens is 359 g/mol. The average Bonchev–Trinajstić information content (AvgIpc) is 2.85. The molecular formula is C20H30Cl2Ti. The van der Waals surface area contributed by atoms with Crippen molar-refractivity contribution in [3.8, 4) is 0 Å². The van der Waals surface area contributed by atoms with E-state index < -0.39 is 0 Å². The van der Waals surface area contributed by atoms with E-state index in [1.807, 2.05) is 0 Å². The Labute approximate surface area is 171 Å². The summed E-state index contributed by atoms with van der Waals surface area (Å²) < 4.78 is 0. The van der Waals surface area contributed by atoms with Gasteiger partial charge in [0.1, 0.15) is 0 Å². The zero-order chi connectivity index (χ0) is 15.6. The summed E-state index contributed by atoms with van der Waals surface area (Å²) in [7, 11) is 0. The van der Waals surface area contributed by atoms with Crippen molar-refractivity contribution in [3.63, 3.8) is 0 Å². The molecule has 0 bridgehead atoms. The van der Waals surface area contributed by atoms with Gasteiger partial charge in [0.15, 0.2) is 0 Å². The summed E-state index contributed by atoms with van der Waals surface area (Å²) >= 11 is 0. The molecule has 0 fully saturated rings. The fourth-order valence-corrected chi connectivity index (χ4v) is 2.18. The first-order chi connectivity index (χ1) is 9.00. The van der Waals surface area contributed by atoms with E-state index in [-0.39, 0.29) is 46.5 Å². The van der Waals surface area contributed by atoms with Gasteiger partial charge in [-0.05, 0) is 10.8 Å². The van der Waals surface area contributed by atoms with E-state index in [0.29, 0.717) is 10.8 Å². The van der Waals surface area contributed by atoms with Crippen molar-refractivity contribution < 1.29 is 46.5 Å². The van der Waals surface area contributed by atoms with Crippen LogP contribution in [0, 0.1) is 23.0 Å². The van der Waals surface area contributed by atoms with E-state index in [1.165, 1.54) is 22.3 Å². The summed E-state index contributed by atoms with van der Waals surface area (Å²) in [6.07, 6.45) is 13.4. The minimum Gasteiger partial charge on any atom is -1.00 e. The summed E-state index contributed by atoms with van der Waals surface area (Å²) in [5, 5.41) is 0. The maximum atomic E-state index is 3.37. The van der Waals surface area contributed by atoms with Gasteiger partial charge in [0.2, 0.25) is 0 Å². The molecule has 0 spiro atoms. The zero-order valence-electron chi connectivity index (χ0n) is 15.8. The molecule has 0 saturated heterocycles. The molecule has 3 heteroatoms. The van der Waals surface area contributed by atoms with Gasteiger partial charge in [-0.25, -0.2) is 35.5 Å². The van der Waals surface area contributed by atoms with E-state index in [9.17, 15) is 0 Å². The van der Waals surface area contributed by atoms with Crippen LogP contribution in [0.3, 0.4) is 0 Å². The van der Waals surface area contributed by atoms with Gasteiger partial charge in [0.05, 0.1) is 0 Å². The molecule has 0 saturated carbocycles. The Bertz CT molecular complexity index is 435. The molecule has 2 aliphatic carbocycles. The first-order valence-corrected chi connectivity index (χ1v) is 7.60. The normalized spacial score (nSPS) is 16.3. The molecule has 0 aromatic heterocycles. The Hall–Kier alpha value is 0.254. The Kier molecular flexibility index (Phi) is 13.4. The monoisotopic (exact) mass is 388 g/mol. The van der Waals surface area contributed by atoms with Gasteiger partial charge in [0, 0.05) is 0 Å². The SMILES string of the molecule is CC1=CCC(C(C)(C)C)=[C-]1.CC1=CCC(C(C)(C)C)=[C-]1.[Cl-].[Cl-].[Ti+4]. The van der Waals surface area contributed by atoms with Crippen LogP contribution in [-0.4, -0.2) is 0 Å². The van der Waals surface area contributed by atoms with E-state index in [4.69, 9.17) is 0 Å². The molecule has 0 aromatic rings. The van der Waals surface area contributed by atoms with Gasteiger partial charge in [-0.3, -0.25) is 0 Å². The fraction of sp³-hybridized carbons (Fsp3) is 0.600. The van der Waals surface area contributed by atoms with E-state index in [1.54, 1.807) is 0 Å². The van der Waals surface area contributed by atoms with Crippen molar-refractivity contribution in [2.75, 3.05) is 0 Å².